The van der Waals surface area contributed by atoms with E-state index in [9.17, 15) is 9.90 Å². The highest BCUT2D eigenvalue weighted by Crippen LogP contribution is 2.39. The molecule has 2 aromatic carbocycles. The molecule has 28 heavy (non-hydrogen) atoms. The van der Waals surface area contributed by atoms with Gasteiger partial charge in [0.15, 0.2) is 0 Å². The number of pyridine rings is 1. The van der Waals surface area contributed by atoms with E-state index in [0.29, 0.717) is 5.69 Å². The molecule has 1 atom stereocenters. The second-order valence-electron chi connectivity index (χ2n) is 6.67. The van der Waals surface area contributed by atoms with E-state index in [-0.39, 0.29) is 11.6 Å². The molecule has 5 heteroatoms. The van der Waals surface area contributed by atoms with Crippen LogP contribution in [0.25, 0.3) is 22.2 Å². The molecule has 1 unspecified atom stereocenters. The van der Waals surface area contributed by atoms with Crippen LogP contribution in [0, 0.1) is 0 Å². The maximum Gasteiger partial charge on any atom is 0.354 e. The number of hydrogen-bond donors (Lipinski definition) is 2. The second-order valence-corrected chi connectivity index (χ2v) is 6.67. The molecule has 0 spiro atoms. The number of H-pyrrole nitrogens is 1. The molecule has 0 bridgehead atoms. The number of hydrogen-bond acceptors (Lipinski definition) is 3. The van der Waals surface area contributed by atoms with Gasteiger partial charge in [-0.2, -0.15) is 0 Å². The van der Waals surface area contributed by atoms with Crippen molar-refractivity contribution in [3.63, 3.8) is 0 Å². The van der Waals surface area contributed by atoms with E-state index < -0.39 is 5.97 Å². The molecule has 4 aromatic rings. The third-order valence-electron chi connectivity index (χ3n) is 4.97. The summed E-state index contributed by atoms with van der Waals surface area (Å²) in [5.41, 5.74) is 4.88. The van der Waals surface area contributed by atoms with Crippen molar-refractivity contribution in [3.05, 3.63) is 83.7 Å². The average Bonchev–Trinajstić information content (AvgIpc) is 3.12. The van der Waals surface area contributed by atoms with E-state index in [1.165, 1.54) is 6.07 Å². The van der Waals surface area contributed by atoms with Crippen LogP contribution in [0.15, 0.2) is 66.7 Å². The van der Waals surface area contributed by atoms with Crippen molar-refractivity contribution in [3.8, 4) is 17.0 Å². The van der Waals surface area contributed by atoms with Crippen molar-refractivity contribution in [2.24, 2.45) is 0 Å². The number of ether oxygens (including phenoxy) is 1. The van der Waals surface area contributed by atoms with Crippen LogP contribution in [0.3, 0.4) is 0 Å². The van der Waals surface area contributed by atoms with Crippen LogP contribution in [0.1, 0.15) is 34.6 Å². The van der Waals surface area contributed by atoms with Crippen LogP contribution in [0.4, 0.5) is 0 Å². The largest absolute Gasteiger partial charge is 0.497 e. The average molecular weight is 372 g/mol. The van der Waals surface area contributed by atoms with Crippen molar-refractivity contribution in [2.45, 2.75) is 12.8 Å². The first-order valence-electron chi connectivity index (χ1n) is 9.03. The lowest BCUT2D eigenvalue weighted by atomic mass is 9.91. The Morgan fingerprint density at radius 1 is 1.07 bits per heavy atom. The number of benzene rings is 2. The molecule has 0 saturated carbocycles. The van der Waals surface area contributed by atoms with E-state index in [4.69, 9.17) is 4.74 Å². The summed E-state index contributed by atoms with van der Waals surface area (Å²) in [5.74, 6) is -0.351. The van der Waals surface area contributed by atoms with Crippen LogP contribution >= 0.6 is 0 Å². The summed E-state index contributed by atoms with van der Waals surface area (Å²) >= 11 is 0. The first-order valence-corrected chi connectivity index (χ1v) is 9.03. The smallest absolute Gasteiger partial charge is 0.354 e. The first kappa shape index (κ1) is 17.8. The normalized spacial score (nSPS) is 12.1. The Kier molecular flexibility index (Phi) is 4.57. The summed E-state index contributed by atoms with van der Waals surface area (Å²) in [7, 11) is 1.65. The molecular formula is C23H20N2O3. The number of fused-ring (bicyclic) bond motifs is 1. The molecule has 0 fully saturated rings. The number of nitrogens with zero attached hydrogens (tertiary/aromatic N) is 1. The summed E-state index contributed by atoms with van der Waals surface area (Å²) in [6.07, 6.45) is 0. The molecule has 2 N–H and O–H groups in total. The number of rotatable bonds is 5. The number of carboxylic acids is 1. The fourth-order valence-corrected chi connectivity index (χ4v) is 3.57. The Labute approximate surface area is 162 Å². The SMILES string of the molecule is COc1ccc2c(C(C)c3cccc(C(=O)O)n3)c(-c3ccccc3)[nH]c2c1. The van der Waals surface area contributed by atoms with Gasteiger partial charge < -0.3 is 14.8 Å². The van der Waals surface area contributed by atoms with Crippen molar-refractivity contribution in [1.82, 2.24) is 9.97 Å². The first-order chi connectivity index (χ1) is 13.6. The van der Waals surface area contributed by atoms with Crippen LogP contribution in [-0.4, -0.2) is 28.2 Å². The number of nitrogens with one attached hydrogen (secondary N) is 1. The standard InChI is InChI=1S/C23H20N2O3/c1-14(18-9-6-10-19(24-18)23(26)27)21-17-12-11-16(28-2)13-20(17)25-22(21)15-7-4-3-5-8-15/h3-14,25H,1-2H3,(H,26,27). The van der Waals surface area contributed by atoms with Crippen molar-refractivity contribution in [1.29, 1.82) is 0 Å². The molecule has 0 saturated heterocycles. The zero-order chi connectivity index (χ0) is 19.7. The van der Waals surface area contributed by atoms with Crippen LogP contribution in [-0.2, 0) is 0 Å². The number of aromatic nitrogens is 2. The minimum Gasteiger partial charge on any atom is -0.497 e. The van der Waals surface area contributed by atoms with Gasteiger partial charge in [-0.25, -0.2) is 9.78 Å². The molecule has 0 aliphatic rings. The highest BCUT2D eigenvalue weighted by molar-refractivity contribution is 5.92. The zero-order valence-electron chi connectivity index (χ0n) is 15.6. The monoisotopic (exact) mass is 372 g/mol. The summed E-state index contributed by atoms with van der Waals surface area (Å²) < 4.78 is 5.37. The van der Waals surface area contributed by atoms with Crippen LogP contribution in [0.2, 0.25) is 0 Å². The van der Waals surface area contributed by atoms with Crippen molar-refractivity contribution in [2.75, 3.05) is 7.11 Å². The molecule has 0 aliphatic carbocycles. The fourth-order valence-electron chi connectivity index (χ4n) is 3.57. The third-order valence-corrected chi connectivity index (χ3v) is 4.97. The van der Waals surface area contributed by atoms with E-state index >= 15 is 0 Å². The molecule has 2 heterocycles. The minimum absolute atomic E-state index is 0.0483. The van der Waals surface area contributed by atoms with Gasteiger partial charge in [0.05, 0.1) is 12.8 Å². The van der Waals surface area contributed by atoms with Gasteiger partial charge in [-0.3, -0.25) is 0 Å². The minimum atomic E-state index is -1.03. The lowest BCUT2D eigenvalue weighted by Crippen LogP contribution is -2.06. The topological polar surface area (TPSA) is 75.2 Å². The lowest BCUT2D eigenvalue weighted by molar-refractivity contribution is 0.0690. The van der Waals surface area contributed by atoms with Crippen molar-refractivity contribution < 1.29 is 14.6 Å². The molecule has 4 rings (SSSR count). The molecule has 0 radical (unpaired) electrons. The second kappa shape index (κ2) is 7.19. The molecule has 140 valence electrons. The maximum absolute atomic E-state index is 11.4. The quantitative estimate of drug-likeness (QED) is 0.512. The van der Waals surface area contributed by atoms with Gasteiger partial charge in [-0.1, -0.05) is 43.3 Å². The number of aromatic carboxylic acids is 1. The lowest BCUT2D eigenvalue weighted by Gasteiger charge is -2.14. The summed E-state index contributed by atoms with van der Waals surface area (Å²) in [4.78, 5) is 19.2. The molecule has 2 aromatic heterocycles. The highest BCUT2D eigenvalue weighted by atomic mass is 16.5. The Balaban J connectivity index is 1.93. The van der Waals surface area contributed by atoms with Gasteiger partial charge in [0, 0.05) is 28.6 Å². The predicted octanol–water partition coefficient (Wildman–Crippen LogP) is 5.09. The van der Waals surface area contributed by atoms with Crippen molar-refractivity contribution >= 4 is 16.9 Å². The van der Waals surface area contributed by atoms with Gasteiger partial charge in [-0.15, -0.1) is 0 Å². The maximum atomic E-state index is 11.4. The number of methoxy groups -OCH3 is 1. The van der Waals surface area contributed by atoms with Gasteiger partial charge in [0.25, 0.3) is 0 Å². The number of aromatic amines is 1. The Bertz CT molecular complexity index is 1150. The summed E-state index contributed by atoms with van der Waals surface area (Å²) in [6.45, 7) is 2.05. The van der Waals surface area contributed by atoms with E-state index in [1.54, 1.807) is 13.2 Å². The predicted molar refractivity (Wildman–Crippen MR) is 109 cm³/mol. The van der Waals surface area contributed by atoms with Gasteiger partial charge >= 0.3 is 5.97 Å². The third kappa shape index (κ3) is 3.11. The Hall–Kier alpha value is -3.60. The van der Waals surface area contributed by atoms with Gasteiger partial charge in [-0.05, 0) is 35.4 Å². The number of carboxylic acid groups (broad SMARTS) is 1. The van der Waals surface area contributed by atoms with E-state index in [1.807, 2.05) is 49.4 Å². The molecule has 5 nitrogen and oxygen atoms in total. The van der Waals surface area contributed by atoms with Crippen LogP contribution in [0.5, 0.6) is 5.75 Å². The molecule has 0 aliphatic heterocycles. The van der Waals surface area contributed by atoms with E-state index in [0.717, 1.165) is 33.5 Å². The van der Waals surface area contributed by atoms with Gasteiger partial charge in [0.1, 0.15) is 11.4 Å². The number of carbonyl (C=O) groups is 1. The zero-order valence-corrected chi connectivity index (χ0v) is 15.6. The summed E-state index contributed by atoms with van der Waals surface area (Å²) in [6, 6.07) is 21.1. The summed E-state index contributed by atoms with van der Waals surface area (Å²) in [5, 5.41) is 10.4. The molecular weight excluding hydrogens is 352 g/mol. The van der Waals surface area contributed by atoms with Crippen LogP contribution < -0.4 is 4.74 Å². The highest BCUT2D eigenvalue weighted by Gasteiger charge is 2.22. The van der Waals surface area contributed by atoms with E-state index in [2.05, 4.69) is 22.1 Å². The fraction of sp³-hybridized carbons (Fsp3) is 0.130. The Morgan fingerprint density at radius 2 is 1.86 bits per heavy atom. The molecule has 0 amide bonds. The Morgan fingerprint density at radius 3 is 2.57 bits per heavy atom. The van der Waals surface area contributed by atoms with Gasteiger partial charge in [0.2, 0.25) is 0 Å².